The fraction of sp³-hybridized carbons (Fsp3) is 0.167. The van der Waals surface area contributed by atoms with Crippen LogP contribution in [0.2, 0.25) is 0 Å². The number of anilines is 1. The number of phenols is 2. The Labute approximate surface area is 89.6 Å². The van der Waals surface area contributed by atoms with Gasteiger partial charge >= 0.3 is 0 Å². The lowest BCUT2D eigenvalue weighted by atomic mass is 10.2. The third kappa shape index (κ3) is 3.06. The van der Waals surface area contributed by atoms with Gasteiger partial charge in [0.1, 0.15) is 11.5 Å². The topological polar surface area (TPSA) is 43.7 Å². The van der Waals surface area contributed by atoms with Crippen LogP contribution in [0.1, 0.15) is 0 Å². The quantitative estimate of drug-likeness (QED) is 0.725. The van der Waals surface area contributed by atoms with E-state index in [1.54, 1.807) is 24.3 Å². The molecule has 0 amide bonds. The number of hydrogen-bond donors (Lipinski definition) is 2. The zero-order valence-corrected chi connectivity index (χ0v) is 8.56. The van der Waals surface area contributed by atoms with Crippen molar-refractivity contribution < 1.29 is 10.2 Å². The first-order valence-electron chi connectivity index (χ1n) is 4.67. The van der Waals surface area contributed by atoms with Crippen LogP contribution in [0.4, 0.5) is 5.69 Å². The van der Waals surface area contributed by atoms with Gasteiger partial charge in [0.15, 0.2) is 0 Å². The van der Waals surface area contributed by atoms with Crippen molar-refractivity contribution in [2.45, 2.75) is 0 Å². The highest BCUT2D eigenvalue weighted by atomic mass is 16.3. The molecule has 1 rings (SSSR count). The maximum Gasteiger partial charge on any atom is 0.121 e. The van der Waals surface area contributed by atoms with Crippen LogP contribution in [0, 0.1) is 0 Å². The first kappa shape index (κ1) is 11.2. The molecule has 0 bridgehead atoms. The van der Waals surface area contributed by atoms with Crippen LogP contribution in [-0.4, -0.2) is 23.3 Å². The van der Waals surface area contributed by atoms with Gasteiger partial charge in [0.2, 0.25) is 0 Å². The second-order valence-electron chi connectivity index (χ2n) is 3.19. The predicted molar refractivity (Wildman–Crippen MR) is 62.4 cm³/mol. The Kier molecular flexibility index (Phi) is 3.80. The SMILES string of the molecule is C=CCN(CC=C)c1cc(O)cc(O)c1. The minimum atomic E-state index is 0.0446. The van der Waals surface area contributed by atoms with Gasteiger partial charge in [0.25, 0.3) is 0 Å². The normalized spacial score (nSPS) is 9.60. The molecule has 0 radical (unpaired) electrons. The lowest BCUT2D eigenvalue weighted by molar-refractivity contribution is 0.450. The lowest BCUT2D eigenvalue weighted by Gasteiger charge is -2.21. The molecule has 1 aromatic rings. The maximum atomic E-state index is 9.34. The highest BCUT2D eigenvalue weighted by Crippen LogP contribution is 2.26. The summed E-state index contributed by atoms with van der Waals surface area (Å²) in [4.78, 5) is 1.93. The Balaban J connectivity index is 2.98. The largest absolute Gasteiger partial charge is 0.508 e. The fourth-order valence-corrected chi connectivity index (χ4v) is 1.36. The predicted octanol–water partition coefficient (Wildman–Crippen LogP) is 2.28. The van der Waals surface area contributed by atoms with Gasteiger partial charge < -0.3 is 15.1 Å². The maximum absolute atomic E-state index is 9.34. The van der Waals surface area contributed by atoms with Crippen molar-refractivity contribution in [1.82, 2.24) is 0 Å². The number of nitrogens with zero attached hydrogens (tertiary/aromatic N) is 1. The van der Waals surface area contributed by atoms with Crippen LogP contribution in [0.5, 0.6) is 11.5 Å². The van der Waals surface area contributed by atoms with E-state index in [1.165, 1.54) is 6.07 Å². The van der Waals surface area contributed by atoms with Crippen molar-refractivity contribution in [1.29, 1.82) is 0 Å². The molecule has 2 N–H and O–H groups in total. The summed E-state index contributed by atoms with van der Waals surface area (Å²) in [6.45, 7) is 8.57. The summed E-state index contributed by atoms with van der Waals surface area (Å²) >= 11 is 0. The molecule has 3 nitrogen and oxygen atoms in total. The average molecular weight is 205 g/mol. The summed E-state index contributed by atoms with van der Waals surface area (Å²) in [6, 6.07) is 4.48. The van der Waals surface area contributed by atoms with E-state index >= 15 is 0 Å². The second-order valence-corrected chi connectivity index (χ2v) is 3.19. The van der Waals surface area contributed by atoms with Gasteiger partial charge in [0.05, 0.1) is 0 Å². The molecule has 0 aromatic heterocycles. The molecular weight excluding hydrogens is 190 g/mol. The molecule has 0 saturated carbocycles. The van der Waals surface area contributed by atoms with Crippen LogP contribution < -0.4 is 4.90 Å². The van der Waals surface area contributed by atoms with Crippen molar-refractivity contribution in [2.75, 3.05) is 18.0 Å². The molecule has 0 aliphatic carbocycles. The summed E-state index contributed by atoms with van der Waals surface area (Å²) in [6.07, 6.45) is 3.51. The molecule has 0 fully saturated rings. The number of hydrogen-bond acceptors (Lipinski definition) is 3. The molecule has 0 atom stereocenters. The van der Waals surface area contributed by atoms with E-state index in [0.717, 1.165) is 5.69 Å². The van der Waals surface area contributed by atoms with Crippen molar-refractivity contribution in [3.05, 3.63) is 43.5 Å². The van der Waals surface area contributed by atoms with Gasteiger partial charge in [-0.2, -0.15) is 0 Å². The number of aromatic hydroxyl groups is 2. The number of rotatable bonds is 5. The smallest absolute Gasteiger partial charge is 0.121 e. The molecule has 0 unspecified atom stereocenters. The molecule has 0 saturated heterocycles. The second kappa shape index (κ2) is 5.10. The van der Waals surface area contributed by atoms with Crippen LogP contribution in [0.25, 0.3) is 0 Å². The van der Waals surface area contributed by atoms with E-state index in [9.17, 15) is 10.2 Å². The van der Waals surface area contributed by atoms with Gasteiger partial charge in [-0.25, -0.2) is 0 Å². The molecule has 1 aromatic carbocycles. The lowest BCUT2D eigenvalue weighted by Crippen LogP contribution is -2.22. The van der Waals surface area contributed by atoms with E-state index in [1.807, 2.05) is 4.90 Å². The van der Waals surface area contributed by atoms with Gasteiger partial charge in [-0.3, -0.25) is 0 Å². The third-order valence-corrected chi connectivity index (χ3v) is 1.95. The summed E-state index contributed by atoms with van der Waals surface area (Å²) < 4.78 is 0. The monoisotopic (exact) mass is 205 g/mol. The third-order valence-electron chi connectivity index (χ3n) is 1.95. The highest BCUT2D eigenvalue weighted by Gasteiger charge is 2.05. The Hall–Kier alpha value is -1.90. The van der Waals surface area contributed by atoms with Crippen LogP contribution in [0.3, 0.4) is 0 Å². The molecule has 0 aliphatic heterocycles. The van der Waals surface area contributed by atoms with E-state index in [2.05, 4.69) is 13.2 Å². The minimum absolute atomic E-state index is 0.0446. The molecular formula is C12H15NO2. The van der Waals surface area contributed by atoms with Crippen molar-refractivity contribution in [2.24, 2.45) is 0 Å². The summed E-state index contributed by atoms with van der Waals surface area (Å²) in [5.74, 6) is 0.0891. The van der Waals surface area contributed by atoms with E-state index in [-0.39, 0.29) is 11.5 Å². The first-order valence-corrected chi connectivity index (χ1v) is 4.67. The van der Waals surface area contributed by atoms with Gasteiger partial charge in [-0.15, -0.1) is 13.2 Å². The van der Waals surface area contributed by atoms with E-state index in [4.69, 9.17) is 0 Å². The fourth-order valence-electron chi connectivity index (χ4n) is 1.36. The standard InChI is InChI=1S/C12H15NO2/c1-3-5-13(6-4-2)10-7-11(14)9-12(15)8-10/h3-4,7-9,14-15H,1-2,5-6H2. The minimum Gasteiger partial charge on any atom is -0.508 e. The molecule has 15 heavy (non-hydrogen) atoms. The van der Waals surface area contributed by atoms with Crippen molar-refractivity contribution in [3.63, 3.8) is 0 Å². The van der Waals surface area contributed by atoms with Crippen molar-refractivity contribution >= 4 is 5.69 Å². The van der Waals surface area contributed by atoms with Gasteiger partial charge in [-0.1, -0.05) is 12.2 Å². The average Bonchev–Trinajstić information content (AvgIpc) is 2.16. The Morgan fingerprint density at radius 2 is 1.47 bits per heavy atom. The van der Waals surface area contributed by atoms with Crippen LogP contribution in [0.15, 0.2) is 43.5 Å². The van der Waals surface area contributed by atoms with Crippen LogP contribution >= 0.6 is 0 Å². The van der Waals surface area contributed by atoms with Gasteiger partial charge in [0, 0.05) is 37.0 Å². The Morgan fingerprint density at radius 3 is 1.87 bits per heavy atom. The number of phenolic OH excluding ortho intramolecular Hbond substituents is 2. The summed E-state index contributed by atoms with van der Waals surface area (Å²) in [5, 5.41) is 18.7. The van der Waals surface area contributed by atoms with Crippen LogP contribution in [-0.2, 0) is 0 Å². The van der Waals surface area contributed by atoms with E-state index < -0.39 is 0 Å². The van der Waals surface area contributed by atoms with Crippen molar-refractivity contribution in [3.8, 4) is 11.5 Å². The zero-order chi connectivity index (χ0) is 11.3. The molecule has 3 heteroatoms. The Bertz CT molecular complexity index is 330. The molecule has 80 valence electrons. The molecule has 0 spiro atoms. The Morgan fingerprint density at radius 1 is 1.00 bits per heavy atom. The summed E-state index contributed by atoms with van der Waals surface area (Å²) in [7, 11) is 0. The molecule has 0 aliphatic rings. The first-order chi connectivity index (χ1) is 7.17. The van der Waals surface area contributed by atoms with Gasteiger partial charge in [-0.05, 0) is 0 Å². The zero-order valence-electron chi connectivity index (χ0n) is 8.56. The number of benzene rings is 1. The van der Waals surface area contributed by atoms with E-state index in [0.29, 0.717) is 13.1 Å². The summed E-state index contributed by atoms with van der Waals surface area (Å²) in [5.41, 5.74) is 0.743. The molecule has 0 heterocycles. The highest BCUT2D eigenvalue weighted by molar-refractivity contribution is 5.55.